The highest BCUT2D eigenvalue weighted by Gasteiger charge is 2.24. The summed E-state index contributed by atoms with van der Waals surface area (Å²) in [6.07, 6.45) is 1.36. The number of aliphatic imine (C=N–C) groups is 1. The molecule has 6 heteroatoms. The quantitative estimate of drug-likeness (QED) is 0.409. The van der Waals surface area contributed by atoms with Crippen LogP contribution in [0.15, 0.2) is 59.6 Å². The molecule has 0 radical (unpaired) electrons. The van der Waals surface area contributed by atoms with Crippen LogP contribution in [0, 0.1) is 0 Å². The number of guanidine groups is 1. The summed E-state index contributed by atoms with van der Waals surface area (Å²) in [5, 5.41) is 10.9. The summed E-state index contributed by atoms with van der Waals surface area (Å²) in [7, 11) is 1.76. The Hall–Kier alpha value is -3.28. The molecular formula is C22H25N5O. The SMILES string of the molecule is CN=C(NCCc1cc2ccccc2[nH]1)NCC1CC(=O)Nc2ccccc21. The van der Waals surface area contributed by atoms with Gasteiger partial charge in [-0.1, -0.05) is 36.4 Å². The number of aromatic nitrogens is 1. The number of para-hydroxylation sites is 2. The number of nitrogens with one attached hydrogen (secondary N) is 4. The van der Waals surface area contributed by atoms with E-state index in [2.05, 4.69) is 50.2 Å². The van der Waals surface area contributed by atoms with Crippen molar-refractivity contribution in [1.82, 2.24) is 15.6 Å². The van der Waals surface area contributed by atoms with E-state index in [4.69, 9.17) is 0 Å². The third-order valence-corrected chi connectivity index (χ3v) is 5.12. The summed E-state index contributed by atoms with van der Waals surface area (Å²) in [4.78, 5) is 19.7. The molecule has 1 atom stereocenters. The molecule has 3 aromatic rings. The van der Waals surface area contributed by atoms with Crippen LogP contribution in [0.1, 0.15) is 23.6 Å². The Balaban J connectivity index is 1.31. The van der Waals surface area contributed by atoms with E-state index in [1.165, 1.54) is 16.6 Å². The minimum absolute atomic E-state index is 0.0623. The van der Waals surface area contributed by atoms with Gasteiger partial charge in [-0.3, -0.25) is 9.79 Å². The minimum Gasteiger partial charge on any atom is -0.358 e. The zero-order chi connectivity index (χ0) is 19.3. The zero-order valence-corrected chi connectivity index (χ0v) is 16.0. The average Bonchev–Trinajstić information content (AvgIpc) is 3.13. The van der Waals surface area contributed by atoms with Crippen molar-refractivity contribution in [3.8, 4) is 0 Å². The molecule has 144 valence electrons. The van der Waals surface area contributed by atoms with Gasteiger partial charge in [0.1, 0.15) is 0 Å². The van der Waals surface area contributed by atoms with Gasteiger partial charge in [-0.15, -0.1) is 0 Å². The molecule has 0 spiro atoms. The molecule has 4 rings (SSSR count). The summed E-state index contributed by atoms with van der Waals surface area (Å²) in [5.74, 6) is 0.948. The minimum atomic E-state index is 0.0623. The van der Waals surface area contributed by atoms with Crippen molar-refractivity contribution >= 4 is 28.5 Å². The second-order valence-corrected chi connectivity index (χ2v) is 7.05. The van der Waals surface area contributed by atoms with Crippen molar-refractivity contribution in [2.45, 2.75) is 18.8 Å². The van der Waals surface area contributed by atoms with Crippen LogP contribution >= 0.6 is 0 Å². The van der Waals surface area contributed by atoms with Crippen molar-refractivity contribution in [2.75, 3.05) is 25.5 Å². The fourth-order valence-corrected chi connectivity index (χ4v) is 3.71. The van der Waals surface area contributed by atoms with E-state index >= 15 is 0 Å². The monoisotopic (exact) mass is 375 g/mol. The smallest absolute Gasteiger partial charge is 0.225 e. The first-order chi connectivity index (χ1) is 13.7. The van der Waals surface area contributed by atoms with Gasteiger partial charge in [0.05, 0.1) is 0 Å². The van der Waals surface area contributed by atoms with Gasteiger partial charge >= 0.3 is 0 Å². The number of anilines is 1. The van der Waals surface area contributed by atoms with Crippen LogP contribution in [-0.4, -0.2) is 37.0 Å². The van der Waals surface area contributed by atoms with E-state index in [0.717, 1.165) is 30.1 Å². The number of benzene rings is 2. The van der Waals surface area contributed by atoms with Crippen molar-refractivity contribution in [2.24, 2.45) is 4.99 Å². The summed E-state index contributed by atoms with van der Waals surface area (Å²) in [6, 6.07) is 18.5. The third kappa shape index (κ3) is 4.01. The molecule has 28 heavy (non-hydrogen) atoms. The largest absolute Gasteiger partial charge is 0.358 e. The van der Waals surface area contributed by atoms with Crippen LogP contribution in [0.4, 0.5) is 5.69 Å². The molecule has 1 unspecified atom stereocenters. The Labute approximate surface area is 164 Å². The van der Waals surface area contributed by atoms with Crippen molar-refractivity contribution in [3.63, 3.8) is 0 Å². The molecule has 2 aromatic carbocycles. The first kappa shape index (κ1) is 18.1. The molecule has 2 heterocycles. The van der Waals surface area contributed by atoms with Gasteiger partial charge < -0.3 is 20.9 Å². The van der Waals surface area contributed by atoms with Gasteiger partial charge in [0, 0.05) is 55.8 Å². The second-order valence-electron chi connectivity index (χ2n) is 7.05. The number of nitrogens with zero attached hydrogens (tertiary/aromatic N) is 1. The van der Waals surface area contributed by atoms with Crippen molar-refractivity contribution in [1.29, 1.82) is 0 Å². The highest BCUT2D eigenvalue weighted by Crippen LogP contribution is 2.31. The van der Waals surface area contributed by atoms with Gasteiger partial charge in [0.25, 0.3) is 0 Å². The molecule has 4 N–H and O–H groups in total. The lowest BCUT2D eigenvalue weighted by Crippen LogP contribution is -2.41. The number of hydrogen-bond donors (Lipinski definition) is 4. The van der Waals surface area contributed by atoms with E-state index in [1.54, 1.807) is 7.05 Å². The number of aromatic amines is 1. The van der Waals surface area contributed by atoms with Gasteiger partial charge in [-0.2, -0.15) is 0 Å². The first-order valence-electron chi connectivity index (χ1n) is 9.63. The summed E-state index contributed by atoms with van der Waals surface area (Å²) in [5.41, 5.74) is 4.44. The maximum Gasteiger partial charge on any atom is 0.225 e. The third-order valence-electron chi connectivity index (χ3n) is 5.12. The van der Waals surface area contributed by atoms with E-state index in [-0.39, 0.29) is 11.8 Å². The molecule has 0 fully saturated rings. The average molecular weight is 375 g/mol. The molecule has 1 aromatic heterocycles. The number of carbonyl (C=O) groups is 1. The molecule has 0 saturated heterocycles. The molecule has 1 amide bonds. The molecular weight excluding hydrogens is 350 g/mol. The van der Waals surface area contributed by atoms with Crippen LogP contribution in [0.2, 0.25) is 0 Å². The van der Waals surface area contributed by atoms with Crippen LogP contribution in [-0.2, 0) is 11.2 Å². The number of carbonyl (C=O) groups excluding carboxylic acids is 1. The van der Waals surface area contributed by atoms with Crippen molar-refractivity contribution < 1.29 is 4.79 Å². The fraction of sp³-hybridized carbons (Fsp3) is 0.273. The Morgan fingerprint density at radius 2 is 1.96 bits per heavy atom. The topological polar surface area (TPSA) is 81.3 Å². The maximum atomic E-state index is 12.0. The number of fused-ring (bicyclic) bond motifs is 2. The summed E-state index contributed by atoms with van der Waals surface area (Å²) in [6.45, 7) is 1.44. The van der Waals surface area contributed by atoms with Gasteiger partial charge in [-0.05, 0) is 29.1 Å². The van der Waals surface area contributed by atoms with Crippen LogP contribution in [0.5, 0.6) is 0 Å². The summed E-state index contributed by atoms with van der Waals surface area (Å²) >= 11 is 0. The second kappa shape index (κ2) is 8.17. The highest BCUT2D eigenvalue weighted by molar-refractivity contribution is 5.94. The van der Waals surface area contributed by atoms with Crippen LogP contribution in [0.3, 0.4) is 0 Å². The molecule has 1 aliphatic heterocycles. The molecule has 0 aliphatic carbocycles. The molecule has 0 saturated carbocycles. The van der Waals surface area contributed by atoms with Gasteiger partial charge in [0.15, 0.2) is 5.96 Å². The molecule has 0 bridgehead atoms. The van der Waals surface area contributed by atoms with E-state index in [9.17, 15) is 4.79 Å². The fourth-order valence-electron chi connectivity index (χ4n) is 3.71. The number of hydrogen-bond acceptors (Lipinski definition) is 2. The lowest BCUT2D eigenvalue weighted by Gasteiger charge is -2.26. The predicted molar refractivity (Wildman–Crippen MR) is 114 cm³/mol. The van der Waals surface area contributed by atoms with Gasteiger partial charge in [-0.25, -0.2) is 0 Å². The number of H-pyrrole nitrogens is 1. The Kier molecular flexibility index (Phi) is 5.28. The van der Waals surface area contributed by atoms with Crippen molar-refractivity contribution in [3.05, 3.63) is 65.9 Å². The van der Waals surface area contributed by atoms with E-state index in [0.29, 0.717) is 13.0 Å². The lowest BCUT2D eigenvalue weighted by molar-refractivity contribution is -0.116. The lowest BCUT2D eigenvalue weighted by atomic mass is 9.90. The predicted octanol–water partition coefficient (Wildman–Crippen LogP) is 3.00. The number of rotatable bonds is 5. The molecule has 6 nitrogen and oxygen atoms in total. The highest BCUT2D eigenvalue weighted by atomic mass is 16.1. The molecule has 1 aliphatic rings. The van der Waals surface area contributed by atoms with E-state index < -0.39 is 0 Å². The Morgan fingerprint density at radius 3 is 2.82 bits per heavy atom. The summed E-state index contributed by atoms with van der Waals surface area (Å²) < 4.78 is 0. The Bertz CT molecular complexity index is 974. The van der Waals surface area contributed by atoms with E-state index in [1.807, 2.05) is 30.3 Å². The van der Waals surface area contributed by atoms with Gasteiger partial charge in [0.2, 0.25) is 5.91 Å². The zero-order valence-electron chi connectivity index (χ0n) is 16.0. The maximum absolute atomic E-state index is 12.0. The van der Waals surface area contributed by atoms with Crippen LogP contribution in [0.25, 0.3) is 10.9 Å². The standard InChI is InChI=1S/C22H25N5O/c1-23-22(24-11-10-17-12-15-6-2-4-8-19(15)26-17)25-14-16-13-21(28)27-20-9-5-3-7-18(16)20/h2-9,12,16,26H,10-11,13-14H2,1H3,(H,27,28)(H2,23,24,25). The normalized spacial score (nSPS) is 16.5. The number of amides is 1. The van der Waals surface area contributed by atoms with Crippen LogP contribution < -0.4 is 16.0 Å². The first-order valence-corrected chi connectivity index (χ1v) is 9.63. The Morgan fingerprint density at radius 1 is 1.14 bits per heavy atom.